The maximum Gasteiger partial charge on any atom is 0.417 e. The summed E-state index contributed by atoms with van der Waals surface area (Å²) in [6, 6.07) is 0.491. The third-order valence-corrected chi connectivity index (χ3v) is 3.85. The number of benzene rings is 1. The molecule has 2 atom stereocenters. The summed E-state index contributed by atoms with van der Waals surface area (Å²) in [5.74, 6) is 0. The van der Waals surface area contributed by atoms with E-state index in [0.717, 1.165) is 24.3 Å². The number of alkyl halides is 6. The topological polar surface area (TPSA) is 104 Å². The molecule has 0 heterocycles. The third kappa shape index (κ3) is 2.71. The Morgan fingerprint density at radius 1 is 0.958 bits per heavy atom. The minimum atomic E-state index is -5.14. The van der Waals surface area contributed by atoms with Crippen molar-refractivity contribution in [2.75, 3.05) is 5.73 Å². The third-order valence-electron chi connectivity index (χ3n) is 3.85. The molecule has 1 aliphatic carbocycles. The summed E-state index contributed by atoms with van der Waals surface area (Å²) in [5.41, 5.74) is 14.8. The molecule has 1 aromatic rings. The summed E-state index contributed by atoms with van der Waals surface area (Å²) in [4.78, 5) is 0. The fourth-order valence-electron chi connectivity index (χ4n) is 2.52. The van der Waals surface area contributed by atoms with Crippen molar-refractivity contribution < 1.29 is 26.3 Å². The van der Waals surface area contributed by atoms with Crippen LogP contribution >= 0.6 is 0 Å². The van der Waals surface area contributed by atoms with E-state index in [1.54, 1.807) is 0 Å². The van der Waals surface area contributed by atoms with Crippen molar-refractivity contribution >= 4 is 11.3 Å². The Labute approximate surface area is 132 Å². The Morgan fingerprint density at radius 3 is 2.04 bits per heavy atom. The second-order valence-corrected chi connectivity index (χ2v) is 5.39. The van der Waals surface area contributed by atoms with Gasteiger partial charge in [-0.3, -0.25) is 0 Å². The minimum Gasteiger partial charge on any atom is -0.401 e. The van der Waals surface area contributed by atoms with Crippen LogP contribution in [0.15, 0.2) is 36.0 Å². The Kier molecular flexibility index (Phi) is 4.09. The van der Waals surface area contributed by atoms with Crippen LogP contribution in [0.25, 0.3) is 5.57 Å². The quantitative estimate of drug-likeness (QED) is 0.459. The molecule has 0 saturated carbocycles. The van der Waals surface area contributed by atoms with Crippen molar-refractivity contribution in [3.8, 4) is 0 Å². The van der Waals surface area contributed by atoms with E-state index in [2.05, 4.69) is 0 Å². The van der Waals surface area contributed by atoms with Crippen molar-refractivity contribution in [3.05, 3.63) is 47.2 Å². The van der Waals surface area contributed by atoms with E-state index in [4.69, 9.17) is 22.9 Å². The van der Waals surface area contributed by atoms with Gasteiger partial charge in [-0.1, -0.05) is 12.1 Å². The van der Waals surface area contributed by atoms with Crippen molar-refractivity contribution in [2.24, 2.45) is 17.2 Å². The molecule has 0 fully saturated rings. The van der Waals surface area contributed by atoms with Crippen LogP contribution < -0.4 is 22.9 Å². The van der Waals surface area contributed by atoms with Gasteiger partial charge in [-0.15, -0.1) is 0 Å². The standard InChI is InChI=1S/C14H14F6N4/c15-13(16,17)9-5-6(21)1-2-7(9)8-3-4-10(22)11(23)12(8,24)14(18,19)20/h1-5,11H,21-24H2. The van der Waals surface area contributed by atoms with E-state index in [1.807, 2.05) is 0 Å². The number of rotatable bonds is 1. The lowest BCUT2D eigenvalue weighted by Crippen LogP contribution is -2.67. The first-order valence-corrected chi connectivity index (χ1v) is 6.56. The molecule has 2 unspecified atom stereocenters. The second-order valence-electron chi connectivity index (χ2n) is 5.39. The van der Waals surface area contributed by atoms with Gasteiger partial charge in [0.2, 0.25) is 0 Å². The van der Waals surface area contributed by atoms with Crippen LogP contribution in [0, 0.1) is 0 Å². The number of hydrogen-bond donors (Lipinski definition) is 4. The molecule has 0 aromatic heterocycles. The monoisotopic (exact) mass is 352 g/mol. The van der Waals surface area contributed by atoms with Crippen molar-refractivity contribution in [3.63, 3.8) is 0 Å². The molecule has 1 aliphatic rings. The van der Waals surface area contributed by atoms with Gasteiger partial charge in [0, 0.05) is 11.4 Å². The second kappa shape index (κ2) is 5.42. The average molecular weight is 352 g/mol. The molecule has 0 spiro atoms. The highest BCUT2D eigenvalue weighted by Crippen LogP contribution is 2.47. The normalized spacial score (nSPS) is 25.2. The molecule has 132 valence electrons. The van der Waals surface area contributed by atoms with Crippen molar-refractivity contribution in [1.82, 2.24) is 0 Å². The molecule has 8 N–H and O–H groups in total. The molecule has 0 saturated heterocycles. The first-order chi connectivity index (χ1) is 10.8. The van der Waals surface area contributed by atoms with Gasteiger partial charge in [0.15, 0.2) is 5.54 Å². The Morgan fingerprint density at radius 2 is 1.54 bits per heavy atom. The molecule has 1 aromatic carbocycles. The lowest BCUT2D eigenvalue weighted by atomic mass is 9.74. The number of allylic oxidation sites excluding steroid dienone is 2. The zero-order valence-electron chi connectivity index (χ0n) is 12.0. The molecule has 4 nitrogen and oxygen atoms in total. The van der Waals surface area contributed by atoms with Crippen LogP contribution in [0.1, 0.15) is 11.1 Å². The largest absolute Gasteiger partial charge is 0.417 e. The molecular weight excluding hydrogens is 338 g/mol. The van der Waals surface area contributed by atoms with E-state index in [9.17, 15) is 26.3 Å². The van der Waals surface area contributed by atoms with Gasteiger partial charge in [-0.2, -0.15) is 26.3 Å². The predicted octanol–water partition coefficient (Wildman–Crippen LogP) is 2.11. The number of halogens is 6. The van der Waals surface area contributed by atoms with Crippen LogP contribution in [-0.4, -0.2) is 17.8 Å². The van der Waals surface area contributed by atoms with E-state index < -0.39 is 40.6 Å². The number of anilines is 1. The molecule has 10 heteroatoms. The zero-order valence-corrected chi connectivity index (χ0v) is 12.0. The molecule has 0 amide bonds. The number of nitrogens with two attached hydrogens (primary N) is 4. The highest BCUT2D eigenvalue weighted by molar-refractivity contribution is 5.81. The molecular formula is C14H14F6N4. The smallest absolute Gasteiger partial charge is 0.401 e. The minimum absolute atomic E-state index is 0.253. The molecule has 0 aliphatic heterocycles. The van der Waals surface area contributed by atoms with E-state index in [0.29, 0.717) is 6.07 Å². The van der Waals surface area contributed by atoms with Gasteiger partial charge in [-0.25, -0.2) is 0 Å². The SMILES string of the molecule is NC1=CC=C(c2ccc(N)cc2C(F)(F)F)C(N)(C(F)(F)F)C1N. The average Bonchev–Trinajstić information content (AvgIpc) is 2.43. The molecule has 2 rings (SSSR count). The first kappa shape index (κ1) is 18.1. The van der Waals surface area contributed by atoms with Crippen molar-refractivity contribution in [1.29, 1.82) is 0 Å². The van der Waals surface area contributed by atoms with Crippen LogP contribution in [0.2, 0.25) is 0 Å². The predicted molar refractivity (Wildman–Crippen MR) is 77.1 cm³/mol. The van der Waals surface area contributed by atoms with E-state index in [-0.39, 0.29) is 11.4 Å². The maximum absolute atomic E-state index is 13.6. The van der Waals surface area contributed by atoms with Crippen LogP contribution in [0.5, 0.6) is 0 Å². The summed E-state index contributed by atoms with van der Waals surface area (Å²) in [7, 11) is 0. The van der Waals surface area contributed by atoms with Gasteiger partial charge < -0.3 is 22.9 Å². The molecule has 0 bridgehead atoms. The maximum atomic E-state index is 13.6. The van der Waals surface area contributed by atoms with Crippen LogP contribution in [-0.2, 0) is 6.18 Å². The fourth-order valence-corrected chi connectivity index (χ4v) is 2.52. The van der Waals surface area contributed by atoms with Crippen molar-refractivity contribution in [2.45, 2.75) is 23.9 Å². The van der Waals surface area contributed by atoms with E-state index >= 15 is 0 Å². The Balaban J connectivity index is 2.79. The van der Waals surface area contributed by atoms with Gasteiger partial charge in [0.1, 0.15) is 0 Å². The highest BCUT2D eigenvalue weighted by atomic mass is 19.4. The summed E-state index contributed by atoms with van der Waals surface area (Å²) in [6.45, 7) is 0. The van der Waals surface area contributed by atoms with Crippen LogP contribution in [0.4, 0.5) is 32.0 Å². The molecule has 0 radical (unpaired) electrons. The summed E-state index contributed by atoms with van der Waals surface area (Å²) < 4.78 is 80.4. The fraction of sp³-hybridized carbons (Fsp3) is 0.286. The molecule has 24 heavy (non-hydrogen) atoms. The van der Waals surface area contributed by atoms with E-state index in [1.165, 1.54) is 0 Å². The van der Waals surface area contributed by atoms with Gasteiger partial charge in [0.25, 0.3) is 0 Å². The lowest BCUT2D eigenvalue weighted by molar-refractivity contribution is -0.172. The Hall–Kier alpha value is -2.20. The number of nitrogen functional groups attached to an aromatic ring is 1. The summed E-state index contributed by atoms with van der Waals surface area (Å²) >= 11 is 0. The summed E-state index contributed by atoms with van der Waals surface area (Å²) in [6.07, 6.45) is -8.27. The zero-order chi connectivity index (χ0) is 18.5. The van der Waals surface area contributed by atoms with Gasteiger partial charge in [0.05, 0.1) is 11.6 Å². The Bertz CT molecular complexity index is 719. The van der Waals surface area contributed by atoms with Gasteiger partial charge >= 0.3 is 12.4 Å². The number of hydrogen-bond acceptors (Lipinski definition) is 4. The van der Waals surface area contributed by atoms with Gasteiger partial charge in [-0.05, 0) is 29.3 Å². The first-order valence-electron chi connectivity index (χ1n) is 6.56. The lowest BCUT2D eigenvalue weighted by Gasteiger charge is -2.41. The highest BCUT2D eigenvalue weighted by Gasteiger charge is 2.60. The van der Waals surface area contributed by atoms with Crippen LogP contribution in [0.3, 0.4) is 0 Å². The summed E-state index contributed by atoms with van der Waals surface area (Å²) in [5, 5.41) is 0.